The molecule has 2 rings (SSSR count). The standard InChI is InChI=1S/C13H23N3O3/c1-13(8-19-7-10(13)14)12(18)16-5-3-4-9(6-16)11(17)15-2/h9-10H,3-8,14H2,1-2H3,(H,15,17). The van der Waals surface area contributed by atoms with Gasteiger partial charge in [-0.3, -0.25) is 9.59 Å². The lowest BCUT2D eigenvalue weighted by atomic mass is 9.83. The van der Waals surface area contributed by atoms with Crippen LogP contribution in [0.5, 0.6) is 0 Å². The van der Waals surface area contributed by atoms with E-state index in [2.05, 4.69) is 5.32 Å². The number of likely N-dealkylation sites (tertiary alicyclic amines) is 1. The summed E-state index contributed by atoms with van der Waals surface area (Å²) in [6.07, 6.45) is 1.69. The summed E-state index contributed by atoms with van der Waals surface area (Å²) in [4.78, 5) is 26.1. The van der Waals surface area contributed by atoms with Crippen LogP contribution in [0.25, 0.3) is 0 Å². The van der Waals surface area contributed by atoms with E-state index in [1.54, 1.807) is 11.9 Å². The molecule has 6 heteroatoms. The van der Waals surface area contributed by atoms with Crippen LogP contribution in [0.15, 0.2) is 0 Å². The van der Waals surface area contributed by atoms with Gasteiger partial charge in [-0.15, -0.1) is 0 Å². The first-order valence-electron chi connectivity index (χ1n) is 6.83. The number of ether oxygens (including phenoxy) is 1. The lowest BCUT2D eigenvalue weighted by Gasteiger charge is -2.37. The van der Waals surface area contributed by atoms with Crippen molar-refractivity contribution in [1.29, 1.82) is 0 Å². The van der Waals surface area contributed by atoms with Crippen molar-refractivity contribution >= 4 is 11.8 Å². The Hall–Kier alpha value is -1.14. The zero-order chi connectivity index (χ0) is 14.0. The van der Waals surface area contributed by atoms with Gasteiger partial charge in [0.2, 0.25) is 11.8 Å². The van der Waals surface area contributed by atoms with E-state index in [1.807, 2.05) is 6.92 Å². The van der Waals surface area contributed by atoms with Gasteiger partial charge < -0.3 is 20.7 Å². The molecule has 2 aliphatic rings. The van der Waals surface area contributed by atoms with Crippen molar-refractivity contribution < 1.29 is 14.3 Å². The number of carbonyl (C=O) groups is 2. The molecular weight excluding hydrogens is 246 g/mol. The monoisotopic (exact) mass is 269 g/mol. The summed E-state index contributed by atoms with van der Waals surface area (Å²) in [5.41, 5.74) is 5.34. The number of nitrogens with one attached hydrogen (secondary N) is 1. The molecule has 3 atom stereocenters. The van der Waals surface area contributed by atoms with Gasteiger partial charge in [-0.05, 0) is 19.8 Å². The summed E-state index contributed by atoms with van der Waals surface area (Å²) in [6, 6.07) is -0.264. The lowest BCUT2D eigenvalue weighted by molar-refractivity contribution is -0.144. The summed E-state index contributed by atoms with van der Waals surface area (Å²) in [6.45, 7) is 3.84. The molecule has 0 aromatic rings. The van der Waals surface area contributed by atoms with E-state index in [4.69, 9.17) is 10.5 Å². The van der Waals surface area contributed by atoms with Crippen LogP contribution >= 0.6 is 0 Å². The van der Waals surface area contributed by atoms with Crippen molar-refractivity contribution in [2.24, 2.45) is 17.1 Å². The number of nitrogens with two attached hydrogens (primary N) is 1. The van der Waals surface area contributed by atoms with Crippen molar-refractivity contribution in [3.8, 4) is 0 Å². The molecule has 2 aliphatic heterocycles. The zero-order valence-electron chi connectivity index (χ0n) is 11.6. The fourth-order valence-electron chi connectivity index (χ4n) is 2.85. The Morgan fingerprint density at radius 3 is 2.79 bits per heavy atom. The molecule has 108 valence electrons. The summed E-state index contributed by atoms with van der Waals surface area (Å²) in [5.74, 6) is -0.0782. The van der Waals surface area contributed by atoms with Crippen LogP contribution in [0.3, 0.4) is 0 Å². The third-order valence-electron chi connectivity index (χ3n) is 4.33. The van der Waals surface area contributed by atoms with E-state index in [0.717, 1.165) is 12.8 Å². The number of rotatable bonds is 2. The number of amides is 2. The maximum Gasteiger partial charge on any atom is 0.232 e. The molecule has 19 heavy (non-hydrogen) atoms. The molecule has 2 heterocycles. The second kappa shape index (κ2) is 5.46. The maximum atomic E-state index is 12.6. The van der Waals surface area contributed by atoms with Crippen LogP contribution in [0.4, 0.5) is 0 Å². The Balaban J connectivity index is 2.05. The second-order valence-electron chi connectivity index (χ2n) is 5.74. The highest BCUT2D eigenvalue weighted by molar-refractivity contribution is 5.85. The molecular formula is C13H23N3O3. The molecule has 0 aromatic heterocycles. The molecule has 0 aromatic carbocycles. The highest BCUT2D eigenvalue weighted by Crippen LogP contribution is 2.31. The molecule has 0 bridgehead atoms. The topological polar surface area (TPSA) is 84.7 Å². The highest BCUT2D eigenvalue weighted by atomic mass is 16.5. The van der Waals surface area contributed by atoms with Crippen molar-refractivity contribution in [3.63, 3.8) is 0 Å². The Morgan fingerprint density at radius 1 is 1.47 bits per heavy atom. The normalized spacial score (nSPS) is 35.2. The molecule has 0 spiro atoms. The molecule has 0 radical (unpaired) electrons. The van der Waals surface area contributed by atoms with Crippen LogP contribution in [0.1, 0.15) is 19.8 Å². The third-order valence-corrected chi connectivity index (χ3v) is 4.33. The van der Waals surface area contributed by atoms with Gasteiger partial charge in [-0.25, -0.2) is 0 Å². The molecule has 2 amide bonds. The van der Waals surface area contributed by atoms with E-state index in [9.17, 15) is 9.59 Å². The third kappa shape index (κ3) is 2.60. The fourth-order valence-corrected chi connectivity index (χ4v) is 2.85. The Kier molecular flexibility index (Phi) is 4.10. The minimum Gasteiger partial charge on any atom is -0.379 e. The average Bonchev–Trinajstić information content (AvgIpc) is 2.78. The average molecular weight is 269 g/mol. The predicted octanol–water partition coefficient (Wildman–Crippen LogP) is -0.665. The number of hydrogen-bond acceptors (Lipinski definition) is 4. The van der Waals surface area contributed by atoms with Crippen molar-refractivity contribution in [1.82, 2.24) is 10.2 Å². The van der Waals surface area contributed by atoms with E-state index in [1.165, 1.54) is 0 Å². The first-order valence-corrected chi connectivity index (χ1v) is 6.83. The zero-order valence-corrected chi connectivity index (χ0v) is 11.6. The lowest BCUT2D eigenvalue weighted by Crippen LogP contribution is -2.54. The van der Waals surface area contributed by atoms with Crippen molar-refractivity contribution in [2.45, 2.75) is 25.8 Å². The van der Waals surface area contributed by atoms with E-state index in [-0.39, 0.29) is 23.8 Å². The van der Waals surface area contributed by atoms with Crippen LogP contribution < -0.4 is 11.1 Å². The Labute approximate surface area is 113 Å². The summed E-state index contributed by atoms with van der Waals surface area (Å²) < 4.78 is 5.33. The molecule has 0 aliphatic carbocycles. The smallest absolute Gasteiger partial charge is 0.232 e. The molecule has 3 unspecified atom stereocenters. The summed E-state index contributed by atoms with van der Waals surface area (Å²) >= 11 is 0. The number of piperidine rings is 1. The number of nitrogens with zero attached hydrogens (tertiary/aromatic N) is 1. The fraction of sp³-hybridized carbons (Fsp3) is 0.846. The van der Waals surface area contributed by atoms with E-state index in [0.29, 0.717) is 26.3 Å². The molecule has 3 N–H and O–H groups in total. The van der Waals surface area contributed by atoms with Gasteiger partial charge in [0.05, 0.1) is 24.5 Å². The predicted molar refractivity (Wildman–Crippen MR) is 70.3 cm³/mol. The maximum absolute atomic E-state index is 12.6. The quantitative estimate of drug-likeness (QED) is 0.696. The first kappa shape index (κ1) is 14.3. The van der Waals surface area contributed by atoms with E-state index < -0.39 is 5.41 Å². The SMILES string of the molecule is CNC(=O)C1CCCN(C(=O)C2(C)COCC2N)C1. The number of hydrogen-bond donors (Lipinski definition) is 2. The van der Waals surface area contributed by atoms with Gasteiger partial charge in [0.1, 0.15) is 0 Å². The van der Waals surface area contributed by atoms with Crippen molar-refractivity contribution in [3.05, 3.63) is 0 Å². The van der Waals surface area contributed by atoms with Gasteiger partial charge in [0.25, 0.3) is 0 Å². The molecule has 2 saturated heterocycles. The second-order valence-corrected chi connectivity index (χ2v) is 5.74. The van der Waals surface area contributed by atoms with Gasteiger partial charge >= 0.3 is 0 Å². The molecule has 2 fully saturated rings. The highest BCUT2D eigenvalue weighted by Gasteiger charge is 2.47. The van der Waals surface area contributed by atoms with Gasteiger partial charge in [-0.1, -0.05) is 0 Å². The van der Waals surface area contributed by atoms with Gasteiger partial charge in [-0.2, -0.15) is 0 Å². The largest absolute Gasteiger partial charge is 0.379 e. The molecule has 0 saturated carbocycles. The van der Waals surface area contributed by atoms with Gasteiger partial charge in [0, 0.05) is 26.2 Å². The minimum absolute atomic E-state index is 0.00891. The van der Waals surface area contributed by atoms with Crippen molar-refractivity contribution in [2.75, 3.05) is 33.4 Å². The van der Waals surface area contributed by atoms with Gasteiger partial charge in [0.15, 0.2) is 0 Å². The van der Waals surface area contributed by atoms with Crippen LogP contribution in [-0.2, 0) is 14.3 Å². The Bertz CT molecular complexity index is 374. The first-order chi connectivity index (χ1) is 8.99. The number of carbonyl (C=O) groups excluding carboxylic acids is 2. The van der Waals surface area contributed by atoms with Crippen LogP contribution in [0.2, 0.25) is 0 Å². The minimum atomic E-state index is -0.648. The van der Waals surface area contributed by atoms with Crippen LogP contribution in [-0.4, -0.2) is 56.1 Å². The van der Waals surface area contributed by atoms with E-state index >= 15 is 0 Å². The summed E-state index contributed by atoms with van der Waals surface area (Å²) in [5, 5.41) is 2.66. The van der Waals surface area contributed by atoms with Crippen LogP contribution in [0, 0.1) is 11.3 Å². The Morgan fingerprint density at radius 2 is 2.21 bits per heavy atom. The summed E-state index contributed by atoms with van der Waals surface area (Å²) in [7, 11) is 1.63. The molecule has 6 nitrogen and oxygen atoms in total.